The topological polar surface area (TPSA) is 58.6 Å². The molecule has 1 saturated heterocycles. The fourth-order valence-electron chi connectivity index (χ4n) is 3.72. The van der Waals surface area contributed by atoms with Crippen molar-refractivity contribution < 1.29 is 9.53 Å². The van der Waals surface area contributed by atoms with E-state index in [-0.39, 0.29) is 5.97 Å². The number of pyridine rings is 1. The summed E-state index contributed by atoms with van der Waals surface area (Å²) in [6.07, 6.45) is 2.69. The van der Waals surface area contributed by atoms with E-state index in [1.807, 2.05) is 36.7 Å². The molecule has 1 fully saturated rings. The van der Waals surface area contributed by atoms with Crippen molar-refractivity contribution in [3.63, 3.8) is 0 Å². The summed E-state index contributed by atoms with van der Waals surface area (Å²) in [7, 11) is 0. The molecule has 2 aromatic heterocycles. The maximum atomic E-state index is 12.6. The van der Waals surface area contributed by atoms with E-state index in [1.165, 1.54) is 0 Å². The number of benzene rings is 1. The molecule has 0 radical (unpaired) electrons. The molecule has 0 N–H and O–H groups in total. The standard InChI is InChI=1S/C21H24N4O2S/c1-2-27-21(26)18-12-22-19-7-4-3-6-17(19)20(18)25-9-5-8-24(10-11-25)13-16-14-28-15-23-16/h3-4,6-7,12,14-15H,2,5,8-11,13H2,1H3. The number of fused-ring (bicyclic) bond motifs is 1. The van der Waals surface area contributed by atoms with Gasteiger partial charge in [-0.05, 0) is 19.4 Å². The molecule has 3 aromatic rings. The summed E-state index contributed by atoms with van der Waals surface area (Å²) in [5.41, 5.74) is 5.40. The van der Waals surface area contributed by atoms with Crippen molar-refractivity contribution in [2.75, 3.05) is 37.7 Å². The number of hydrogen-bond donors (Lipinski definition) is 0. The van der Waals surface area contributed by atoms with E-state index < -0.39 is 0 Å². The molecule has 3 heterocycles. The van der Waals surface area contributed by atoms with Crippen LogP contribution < -0.4 is 4.90 Å². The fourth-order valence-corrected chi connectivity index (χ4v) is 4.27. The largest absolute Gasteiger partial charge is 0.462 e. The molecule has 1 aromatic carbocycles. The van der Waals surface area contributed by atoms with Gasteiger partial charge in [0.05, 0.1) is 29.0 Å². The Kier molecular flexibility index (Phi) is 5.83. The zero-order chi connectivity index (χ0) is 19.3. The highest BCUT2D eigenvalue weighted by atomic mass is 32.1. The highest BCUT2D eigenvalue weighted by molar-refractivity contribution is 7.07. The SMILES string of the molecule is CCOC(=O)c1cnc2ccccc2c1N1CCCN(Cc2cscn2)CC1. The van der Waals surface area contributed by atoms with E-state index in [2.05, 4.69) is 25.1 Å². The number of anilines is 1. The van der Waals surface area contributed by atoms with E-state index in [0.717, 1.165) is 61.4 Å². The average Bonchev–Trinajstić information content (AvgIpc) is 3.12. The second-order valence-corrected chi connectivity index (χ2v) is 7.57. The lowest BCUT2D eigenvalue weighted by Gasteiger charge is -2.26. The monoisotopic (exact) mass is 396 g/mol. The van der Waals surface area contributed by atoms with Crippen LogP contribution in [0.1, 0.15) is 29.4 Å². The van der Waals surface area contributed by atoms with E-state index >= 15 is 0 Å². The van der Waals surface area contributed by atoms with Gasteiger partial charge in [-0.3, -0.25) is 9.88 Å². The molecule has 1 aliphatic heterocycles. The number of ether oxygens (including phenoxy) is 1. The molecule has 0 aliphatic carbocycles. The van der Waals surface area contributed by atoms with Crippen molar-refractivity contribution in [3.8, 4) is 0 Å². The number of para-hydroxylation sites is 1. The smallest absolute Gasteiger partial charge is 0.341 e. The first-order valence-electron chi connectivity index (χ1n) is 9.65. The van der Waals surface area contributed by atoms with E-state index in [0.29, 0.717) is 12.2 Å². The Morgan fingerprint density at radius 1 is 1.18 bits per heavy atom. The van der Waals surface area contributed by atoms with Crippen LogP contribution in [0.3, 0.4) is 0 Å². The van der Waals surface area contributed by atoms with Crippen molar-refractivity contribution >= 4 is 33.9 Å². The quantitative estimate of drug-likeness (QED) is 0.615. The maximum Gasteiger partial charge on any atom is 0.341 e. The molecular formula is C21H24N4O2S. The molecule has 0 saturated carbocycles. The first-order chi connectivity index (χ1) is 13.8. The van der Waals surface area contributed by atoms with Gasteiger partial charge in [0, 0.05) is 49.7 Å². The lowest BCUT2D eigenvalue weighted by Crippen LogP contribution is -2.31. The third-order valence-corrected chi connectivity index (χ3v) is 5.65. The molecule has 28 heavy (non-hydrogen) atoms. The average molecular weight is 397 g/mol. The van der Waals surface area contributed by atoms with Crippen LogP contribution in [0.25, 0.3) is 10.9 Å². The van der Waals surface area contributed by atoms with Crippen LogP contribution in [0, 0.1) is 0 Å². The molecule has 7 heteroatoms. The third-order valence-electron chi connectivity index (χ3n) is 5.02. The van der Waals surface area contributed by atoms with Crippen LogP contribution >= 0.6 is 11.3 Å². The Labute approximate surface area is 168 Å². The molecule has 0 unspecified atom stereocenters. The van der Waals surface area contributed by atoms with Crippen LogP contribution in [0.4, 0.5) is 5.69 Å². The van der Waals surface area contributed by atoms with Crippen LogP contribution in [-0.2, 0) is 11.3 Å². The number of carbonyl (C=O) groups is 1. The number of rotatable bonds is 5. The Hall–Kier alpha value is -2.51. The number of aromatic nitrogens is 2. The molecule has 1 aliphatic rings. The summed E-state index contributed by atoms with van der Waals surface area (Å²) < 4.78 is 5.31. The highest BCUT2D eigenvalue weighted by Crippen LogP contribution is 2.31. The summed E-state index contributed by atoms with van der Waals surface area (Å²) >= 11 is 1.64. The van der Waals surface area contributed by atoms with Gasteiger partial charge in [-0.1, -0.05) is 18.2 Å². The zero-order valence-electron chi connectivity index (χ0n) is 16.0. The fraction of sp³-hybridized carbons (Fsp3) is 0.381. The maximum absolute atomic E-state index is 12.6. The molecule has 0 atom stereocenters. The van der Waals surface area contributed by atoms with Crippen molar-refractivity contribution in [1.82, 2.24) is 14.9 Å². The Morgan fingerprint density at radius 2 is 2.07 bits per heavy atom. The van der Waals surface area contributed by atoms with Crippen molar-refractivity contribution in [2.45, 2.75) is 19.9 Å². The normalized spacial score (nSPS) is 15.5. The summed E-state index contributed by atoms with van der Waals surface area (Å²) in [6.45, 7) is 6.75. The second-order valence-electron chi connectivity index (χ2n) is 6.85. The van der Waals surface area contributed by atoms with E-state index in [9.17, 15) is 4.79 Å². The zero-order valence-corrected chi connectivity index (χ0v) is 16.8. The Morgan fingerprint density at radius 3 is 2.89 bits per heavy atom. The van der Waals surface area contributed by atoms with E-state index in [1.54, 1.807) is 17.5 Å². The summed E-state index contributed by atoms with van der Waals surface area (Å²) in [6, 6.07) is 7.99. The predicted molar refractivity (Wildman–Crippen MR) is 112 cm³/mol. The summed E-state index contributed by atoms with van der Waals surface area (Å²) in [5.74, 6) is -0.306. The highest BCUT2D eigenvalue weighted by Gasteiger charge is 2.24. The Balaban J connectivity index is 1.63. The third kappa shape index (κ3) is 4.00. The minimum Gasteiger partial charge on any atom is -0.462 e. The summed E-state index contributed by atoms with van der Waals surface area (Å²) in [5, 5.41) is 3.11. The minimum atomic E-state index is -0.306. The molecular weight excluding hydrogens is 372 g/mol. The number of esters is 1. The first-order valence-corrected chi connectivity index (χ1v) is 10.6. The molecule has 0 bridgehead atoms. The van der Waals surface area contributed by atoms with Gasteiger partial charge in [0.1, 0.15) is 5.56 Å². The van der Waals surface area contributed by atoms with Gasteiger partial charge in [0.2, 0.25) is 0 Å². The lowest BCUT2D eigenvalue weighted by atomic mass is 10.1. The van der Waals surface area contributed by atoms with Gasteiger partial charge in [-0.25, -0.2) is 9.78 Å². The number of hydrogen-bond acceptors (Lipinski definition) is 7. The van der Waals surface area contributed by atoms with Crippen LogP contribution in [0.5, 0.6) is 0 Å². The lowest BCUT2D eigenvalue weighted by molar-refractivity contribution is 0.0527. The van der Waals surface area contributed by atoms with Gasteiger partial charge in [-0.15, -0.1) is 11.3 Å². The van der Waals surface area contributed by atoms with Crippen LogP contribution in [0.15, 0.2) is 41.4 Å². The van der Waals surface area contributed by atoms with Gasteiger partial charge in [0.25, 0.3) is 0 Å². The van der Waals surface area contributed by atoms with Crippen molar-refractivity contribution in [3.05, 3.63) is 52.6 Å². The predicted octanol–water partition coefficient (Wildman–Crippen LogP) is 3.58. The van der Waals surface area contributed by atoms with E-state index in [4.69, 9.17) is 4.74 Å². The van der Waals surface area contributed by atoms with Crippen molar-refractivity contribution in [1.29, 1.82) is 0 Å². The summed E-state index contributed by atoms with van der Waals surface area (Å²) in [4.78, 5) is 26.3. The Bertz CT molecular complexity index is 945. The van der Waals surface area contributed by atoms with Gasteiger partial charge in [-0.2, -0.15) is 0 Å². The van der Waals surface area contributed by atoms with Crippen molar-refractivity contribution in [2.24, 2.45) is 0 Å². The van der Waals surface area contributed by atoms with Crippen LogP contribution in [0.2, 0.25) is 0 Å². The minimum absolute atomic E-state index is 0.306. The van der Waals surface area contributed by atoms with Gasteiger partial charge in [0.15, 0.2) is 0 Å². The molecule has 6 nitrogen and oxygen atoms in total. The number of thiazole rings is 1. The van der Waals surface area contributed by atoms with Crippen LogP contribution in [-0.4, -0.2) is 53.6 Å². The molecule has 0 amide bonds. The molecule has 0 spiro atoms. The second kappa shape index (κ2) is 8.67. The number of carbonyl (C=O) groups excluding carboxylic acids is 1. The van der Waals surface area contributed by atoms with Gasteiger partial charge < -0.3 is 9.64 Å². The number of nitrogens with zero attached hydrogens (tertiary/aromatic N) is 4. The molecule has 146 valence electrons. The first kappa shape index (κ1) is 18.8. The van der Waals surface area contributed by atoms with Gasteiger partial charge >= 0.3 is 5.97 Å². The molecule has 4 rings (SSSR count).